The minimum atomic E-state index is -0.466. The highest BCUT2D eigenvalue weighted by Gasteiger charge is 2.27. The van der Waals surface area contributed by atoms with Gasteiger partial charge in [-0.2, -0.15) is 0 Å². The fraction of sp³-hybridized carbons (Fsp3) is 0.667. The van der Waals surface area contributed by atoms with Crippen molar-refractivity contribution in [1.82, 2.24) is 0 Å². The first kappa shape index (κ1) is 17.0. The molecule has 0 saturated carbocycles. The SMILES string of the molecule is CC(O)C(C)Oc1ccc(C(C)(C)CC(C)(C)C)cc1. The fourth-order valence-corrected chi connectivity index (χ4v) is 2.73. The van der Waals surface area contributed by atoms with E-state index < -0.39 is 6.10 Å². The predicted octanol–water partition coefficient (Wildman–Crippen LogP) is 4.55. The maximum absolute atomic E-state index is 9.47. The first-order chi connectivity index (χ1) is 9.01. The van der Waals surface area contributed by atoms with Crippen molar-refractivity contribution in [3.8, 4) is 5.75 Å². The van der Waals surface area contributed by atoms with Crippen molar-refractivity contribution in [2.45, 2.75) is 72.5 Å². The molecule has 1 N–H and O–H groups in total. The highest BCUT2D eigenvalue weighted by molar-refractivity contribution is 5.32. The Morgan fingerprint density at radius 1 is 1.00 bits per heavy atom. The summed E-state index contributed by atoms with van der Waals surface area (Å²) >= 11 is 0. The average Bonchev–Trinajstić information content (AvgIpc) is 2.26. The molecule has 1 rings (SSSR count). The summed E-state index contributed by atoms with van der Waals surface area (Å²) in [5, 5.41) is 9.47. The Kier molecular flexibility index (Phi) is 5.26. The third-order valence-electron chi connectivity index (χ3n) is 3.61. The molecule has 1 aromatic carbocycles. The van der Waals surface area contributed by atoms with Crippen LogP contribution >= 0.6 is 0 Å². The van der Waals surface area contributed by atoms with Crippen molar-refractivity contribution in [1.29, 1.82) is 0 Å². The largest absolute Gasteiger partial charge is 0.488 e. The van der Waals surface area contributed by atoms with E-state index in [1.807, 2.05) is 19.1 Å². The van der Waals surface area contributed by atoms with Gasteiger partial charge in [0.1, 0.15) is 11.9 Å². The van der Waals surface area contributed by atoms with Gasteiger partial charge in [0.05, 0.1) is 6.10 Å². The summed E-state index contributed by atoms with van der Waals surface area (Å²) < 4.78 is 5.69. The molecule has 2 unspecified atom stereocenters. The lowest BCUT2D eigenvalue weighted by Gasteiger charge is -2.33. The minimum Gasteiger partial charge on any atom is -0.488 e. The highest BCUT2D eigenvalue weighted by atomic mass is 16.5. The molecule has 114 valence electrons. The van der Waals surface area contributed by atoms with E-state index >= 15 is 0 Å². The monoisotopic (exact) mass is 278 g/mol. The molecular formula is C18H30O2. The Morgan fingerprint density at radius 2 is 1.50 bits per heavy atom. The van der Waals surface area contributed by atoms with E-state index in [2.05, 4.69) is 46.8 Å². The van der Waals surface area contributed by atoms with Crippen LogP contribution in [-0.2, 0) is 5.41 Å². The molecule has 0 aliphatic carbocycles. The molecule has 2 atom stereocenters. The molecule has 0 amide bonds. The summed E-state index contributed by atoms with van der Waals surface area (Å²) in [6.45, 7) is 15.0. The van der Waals surface area contributed by atoms with Crippen LogP contribution in [0.2, 0.25) is 0 Å². The van der Waals surface area contributed by atoms with Crippen molar-refractivity contribution < 1.29 is 9.84 Å². The molecule has 0 fully saturated rings. The molecule has 0 aliphatic rings. The molecule has 0 bridgehead atoms. The number of aliphatic hydroxyl groups is 1. The molecule has 0 saturated heterocycles. The average molecular weight is 278 g/mol. The van der Waals surface area contributed by atoms with Crippen LogP contribution in [0.15, 0.2) is 24.3 Å². The predicted molar refractivity (Wildman–Crippen MR) is 85.3 cm³/mol. The second kappa shape index (κ2) is 6.17. The lowest BCUT2D eigenvalue weighted by atomic mass is 9.72. The summed E-state index contributed by atoms with van der Waals surface area (Å²) in [5.74, 6) is 0.814. The van der Waals surface area contributed by atoms with Crippen LogP contribution in [0.5, 0.6) is 5.75 Å². The van der Waals surface area contributed by atoms with Gasteiger partial charge in [0.15, 0.2) is 0 Å². The number of aliphatic hydroxyl groups excluding tert-OH is 1. The molecule has 2 nitrogen and oxygen atoms in total. The van der Waals surface area contributed by atoms with Gasteiger partial charge in [-0.3, -0.25) is 0 Å². The summed E-state index contributed by atoms with van der Waals surface area (Å²) in [7, 11) is 0. The molecular weight excluding hydrogens is 248 g/mol. The lowest BCUT2D eigenvalue weighted by Crippen LogP contribution is -2.26. The van der Waals surface area contributed by atoms with Crippen LogP contribution in [-0.4, -0.2) is 17.3 Å². The van der Waals surface area contributed by atoms with Crippen LogP contribution in [0.3, 0.4) is 0 Å². The Balaban J connectivity index is 2.80. The lowest BCUT2D eigenvalue weighted by molar-refractivity contribution is 0.0604. The van der Waals surface area contributed by atoms with E-state index in [0.29, 0.717) is 5.41 Å². The van der Waals surface area contributed by atoms with E-state index in [-0.39, 0.29) is 11.5 Å². The smallest absolute Gasteiger partial charge is 0.121 e. The highest BCUT2D eigenvalue weighted by Crippen LogP contribution is 2.36. The summed E-state index contributed by atoms with van der Waals surface area (Å²) in [6.07, 6.45) is 0.472. The van der Waals surface area contributed by atoms with Crippen molar-refractivity contribution in [2.24, 2.45) is 5.41 Å². The van der Waals surface area contributed by atoms with Gasteiger partial charge in [0.25, 0.3) is 0 Å². The molecule has 0 aromatic heterocycles. The van der Waals surface area contributed by atoms with Gasteiger partial charge in [0.2, 0.25) is 0 Å². The van der Waals surface area contributed by atoms with Gasteiger partial charge in [-0.15, -0.1) is 0 Å². The number of ether oxygens (including phenoxy) is 1. The molecule has 20 heavy (non-hydrogen) atoms. The molecule has 2 heteroatoms. The fourth-order valence-electron chi connectivity index (χ4n) is 2.73. The topological polar surface area (TPSA) is 29.5 Å². The van der Waals surface area contributed by atoms with E-state index in [0.717, 1.165) is 12.2 Å². The third-order valence-corrected chi connectivity index (χ3v) is 3.61. The molecule has 0 heterocycles. The Hall–Kier alpha value is -1.02. The van der Waals surface area contributed by atoms with E-state index in [9.17, 15) is 5.11 Å². The van der Waals surface area contributed by atoms with Gasteiger partial charge in [0, 0.05) is 0 Å². The van der Waals surface area contributed by atoms with Crippen molar-refractivity contribution in [3.63, 3.8) is 0 Å². The van der Waals surface area contributed by atoms with Crippen molar-refractivity contribution in [2.75, 3.05) is 0 Å². The number of benzene rings is 1. The van der Waals surface area contributed by atoms with Gasteiger partial charge in [-0.25, -0.2) is 0 Å². The van der Waals surface area contributed by atoms with Crippen LogP contribution in [0.25, 0.3) is 0 Å². The number of hydrogen-bond donors (Lipinski definition) is 1. The number of hydrogen-bond acceptors (Lipinski definition) is 2. The molecule has 1 aromatic rings. The standard InChI is InChI=1S/C18H30O2/c1-13(19)14(2)20-16-10-8-15(9-11-16)18(6,7)12-17(3,4)5/h8-11,13-14,19H,12H2,1-7H3. The van der Waals surface area contributed by atoms with Gasteiger partial charge < -0.3 is 9.84 Å². The first-order valence-corrected chi connectivity index (χ1v) is 7.46. The van der Waals surface area contributed by atoms with Crippen LogP contribution in [0.4, 0.5) is 0 Å². The summed E-state index contributed by atoms with van der Waals surface area (Å²) in [5.41, 5.74) is 1.77. The maximum Gasteiger partial charge on any atom is 0.121 e. The maximum atomic E-state index is 9.47. The van der Waals surface area contributed by atoms with Gasteiger partial charge in [-0.05, 0) is 48.8 Å². The zero-order valence-corrected chi connectivity index (χ0v) is 14.0. The van der Waals surface area contributed by atoms with E-state index in [1.54, 1.807) is 6.92 Å². The zero-order valence-electron chi connectivity index (χ0n) is 14.0. The Labute approximate surface area is 124 Å². The normalized spacial score (nSPS) is 15.8. The first-order valence-electron chi connectivity index (χ1n) is 7.46. The summed E-state index contributed by atoms with van der Waals surface area (Å²) in [4.78, 5) is 0. The molecule has 0 radical (unpaired) electrons. The van der Waals surface area contributed by atoms with Gasteiger partial charge >= 0.3 is 0 Å². The van der Waals surface area contributed by atoms with Crippen molar-refractivity contribution >= 4 is 0 Å². The van der Waals surface area contributed by atoms with E-state index in [1.165, 1.54) is 5.56 Å². The minimum absolute atomic E-state index is 0.146. The van der Waals surface area contributed by atoms with Gasteiger partial charge in [-0.1, -0.05) is 46.8 Å². The molecule has 0 spiro atoms. The summed E-state index contributed by atoms with van der Waals surface area (Å²) in [6, 6.07) is 8.27. The second-order valence-corrected chi connectivity index (χ2v) is 7.71. The Bertz CT molecular complexity index is 410. The number of rotatable bonds is 5. The quantitative estimate of drug-likeness (QED) is 0.856. The third kappa shape index (κ3) is 5.16. The second-order valence-electron chi connectivity index (χ2n) is 7.71. The molecule has 0 aliphatic heterocycles. The van der Waals surface area contributed by atoms with Crippen LogP contribution in [0.1, 0.15) is 60.5 Å². The van der Waals surface area contributed by atoms with E-state index in [4.69, 9.17) is 4.74 Å². The van der Waals surface area contributed by atoms with Crippen molar-refractivity contribution in [3.05, 3.63) is 29.8 Å². The van der Waals surface area contributed by atoms with Crippen LogP contribution < -0.4 is 4.74 Å². The zero-order chi connectivity index (χ0) is 15.6. The Morgan fingerprint density at radius 3 is 1.90 bits per heavy atom. The van der Waals surface area contributed by atoms with Crippen LogP contribution in [0, 0.1) is 5.41 Å².